The summed E-state index contributed by atoms with van der Waals surface area (Å²) in [7, 11) is 2.17. The number of benzene rings is 1. The van der Waals surface area contributed by atoms with Crippen molar-refractivity contribution in [3.63, 3.8) is 0 Å². The molecule has 4 N–H and O–H groups in total. The summed E-state index contributed by atoms with van der Waals surface area (Å²) in [5.74, 6) is 0.462. The van der Waals surface area contributed by atoms with Gasteiger partial charge in [-0.15, -0.1) is 0 Å². The van der Waals surface area contributed by atoms with Crippen LogP contribution in [-0.2, 0) is 0 Å². The second kappa shape index (κ2) is 8.31. The van der Waals surface area contributed by atoms with Crippen molar-refractivity contribution >= 4 is 28.2 Å². The minimum Gasteiger partial charge on any atom is -0.398 e. The average molecular weight is 407 g/mol. The molecule has 0 spiro atoms. The van der Waals surface area contributed by atoms with Crippen molar-refractivity contribution in [2.45, 2.75) is 23.8 Å². The van der Waals surface area contributed by atoms with Gasteiger partial charge in [0.2, 0.25) is 0 Å². The maximum Gasteiger partial charge on any atom is 0.131 e. The molecule has 3 heterocycles. The third kappa shape index (κ3) is 4.31. The van der Waals surface area contributed by atoms with Crippen LogP contribution in [0, 0.1) is 0 Å². The zero-order valence-electron chi connectivity index (χ0n) is 16.6. The summed E-state index contributed by atoms with van der Waals surface area (Å²) in [4.78, 5) is 8.53. The molecule has 6 nitrogen and oxygen atoms in total. The Balaban J connectivity index is 1.56. The first kappa shape index (κ1) is 19.5. The van der Waals surface area contributed by atoms with Gasteiger partial charge in [-0.3, -0.25) is 4.68 Å². The van der Waals surface area contributed by atoms with Crippen LogP contribution in [0.15, 0.2) is 60.4 Å². The highest BCUT2D eigenvalue weighted by molar-refractivity contribution is 8.08. The smallest absolute Gasteiger partial charge is 0.131 e. The van der Waals surface area contributed by atoms with E-state index in [4.69, 9.17) is 11.5 Å². The number of nitrogens with zero attached hydrogens (tertiary/aromatic N) is 4. The summed E-state index contributed by atoms with van der Waals surface area (Å²) in [6, 6.07) is 10.2. The highest BCUT2D eigenvalue weighted by Crippen LogP contribution is 2.38. The molecule has 2 aromatic heterocycles. The lowest BCUT2D eigenvalue weighted by Crippen LogP contribution is -2.31. The fraction of sp³-hybridized carbons (Fsp3) is 0.273. The predicted molar refractivity (Wildman–Crippen MR) is 121 cm³/mol. The minimum absolute atomic E-state index is 0.452. The highest BCUT2D eigenvalue weighted by atomic mass is 32.2. The van der Waals surface area contributed by atoms with E-state index in [-0.39, 0.29) is 0 Å². The Bertz CT molecular complexity index is 1020. The lowest BCUT2D eigenvalue weighted by molar-refractivity contribution is 0.212. The molecule has 0 atom stereocenters. The van der Waals surface area contributed by atoms with E-state index < -0.39 is 0 Å². The van der Waals surface area contributed by atoms with Crippen LogP contribution in [0.2, 0.25) is 0 Å². The number of anilines is 2. The van der Waals surface area contributed by atoms with Gasteiger partial charge in [-0.1, -0.05) is 30.5 Å². The van der Waals surface area contributed by atoms with Gasteiger partial charge in [-0.2, -0.15) is 5.10 Å². The van der Waals surface area contributed by atoms with E-state index >= 15 is 0 Å². The highest BCUT2D eigenvalue weighted by Gasteiger charge is 2.19. The summed E-state index contributed by atoms with van der Waals surface area (Å²) in [5.41, 5.74) is 15.8. The molecule has 7 heteroatoms. The molecule has 0 bridgehead atoms. The van der Waals surface area contributed by atoms with Crippen molar-refractivity contribution in [3.8, 4) is 11.1 Å². The molecule has 1 aliphatic heterocycles. The SMILES string of the molecule is C=C(Sc1ccccc1N)c1cc(-c2cnn(C3CCN(C)CC3)c2)cnc1N. The number of para-hydroxylation sites is 1. The van der Waals surface area contributed by atoms with Crippen LogP contribution in [0.4, 0.5) is 11.5 Å². The normalized spacial score (nSPS) is 15.5. The Labute approximate surface area is 175 Å². The van der Waals surface area contributed by atoms with Gasteiger partial charge in [-0.05, 0) is 51.2 Å². The van der Waals surface area contributed by atoms with Crippen molar-refractivity contribution < 1.29 is 0 Å². The number of thioether (sulfide) groups is 1. The van der Waals surface area contributed by atoms with Crippen molar-refractivity contribution in [1.82, 2.24) is 19.7 Å². The zero-order valence-corrected chi connectivity index (χ0v) is 17.4. The molecule has 1 aliphatic rings. The van der Waals surface area contributed by atoms with Crippen LogP contribution >= 0.6 is 11.8 Å². The molecule has 1 saturated heterocycles. The molecule has 0 aliphatic carbocycles. The Morgan fingerprint density at radius 3 is 2.66 bits per heavy atom. The number of nitrogens with two attached hydrogens (primary N) is 2. The first-order chi connectivity index (χ1) is 14.0. The van der Waals surface area contributed by atoms with Gasteiger partial charge in [0.05, 0.1) is 12.2 Å². The third-order valence-corrected chi connectivity index (χ3v) is 6.43. The average Bonchev–Trinajstić information content (AvgIpc) is 3.21. The second-order valence-electron chi connectivity index (χ2n) is 7.46. The molecule has 150 valence electrons. The standard InChI is InChI=1S/C22H26N6S/c1-15(29-21-6-4-3-5-20(21)23)19-11-16(12-25-22(19)24)17-13-26-28(14-17)18-7-9-27(2)10-8-18/h3-6,11-14,18H,1,7-10,23H2,2H3,(H2,24,25). The quantitative estimate of drug-likeness (QED) is 0.489. The first-order valence-electron chi connectivity index (χ1n) is 9.71. The Hall–Kier alpha value is -2.77. The van der Waals surface area contributed by atoms with Crippen LogP contribution in [0.5, 0.6) is 0 Å². The number of rotatable bonds is 5. The van der Waals surface area contributed by atoms with E-state index in [0.717, 1.165) is 58.1 Å². The molecule has 29 heavy (non-hydrogen) atoms. The van der Waals surface area contributed by atoms with E-state index in [9.17, 15) is 0 Å². The minimum atomic E-state index is 0.452. The number of hydrogen-bond acceptors (Lipinski definition) is 6. The Morgan fingerprint density at radius 1 is 1.14 bits per heavy atom. The summed E-state index contributed by atoms with van der Waals surface area (Å²) in [6.45, 7) is 6.41. The molecule has 0 unspecified atom stereocenters. The number of aromatic nitrogens is 3. The number of pyridine rings is 1. The number of piperidine rings is 1. The number of likely N-dealkylation sites (tertiary alicyclic amines) is 1. The van der Waals surface area contributed by atoms with E-state index in [1.807, 2.05) is 36.5 Å². The second-order valence-corrected chi connectivity index (χ2v) is 8.60. The van der Waals surface area contributed by atoms with Gasteiger partial charge < -0.3 is 16.4 Å². The van der Waals surface area contributed by atoms with Gasteiger partial charge >= 0.3 is 0 Å². The summed E-state index contributed by atoms with van der Waals surface area (Å²) < 4.78 is 2.09. The predicted octanol–water partition coefficient (Wildman–Crippen LogP) is 4.14. The van der Waals surface area contributed by atoms with Crippen molar-refractivity contribution in [3.05, 3.63) is 61.1 Å². The molecule has 0 saturated carbocycles. The van der Waals surface area contributed by atoms with Crippen LogP contribution in [0.1, 0.15) is 24.4 Å². The number of nitrogen functional groups attached to an aromatic ring is 2. The van der Waals surface area contributed by atoms with E-state index in [0.29, 0.717) is 11.9 Å². The fourth-order valence-electron chi connectivity index (χ4n) is 3.56. The monoisotopic (exact) mass is 406 g/mol. The van der Waals surface area contributed by atoms with Crippen LogP contribution in [0.25, 0.3) is 16.0 Å². The van der Waals surface area contributed by atoms with E-state index in [2.05, 4.69) is 39.5 Å². The van der Waals surface area contributed by atoms with Gasteiger partial charge in [0.15, 0.2) is 0 Å². The summed E-state index contributed by atoms with van der Waals surface area (Å²) in [6.07, 6.45) is 8.05. The van der Waals surface area contributed by atoms with Crippen LogP contribution in [0.3, 0.4) is 0 Å². The van der Waals surface area contributed by atoms with Crippen LogP contribution < -0.4 is 11.5 Å². The molecule has 0 radical (unpaired) electrons. The lowest BCUT2D eigenvalue weighted by atomic mass is 10.1. The van der Waals surface area contributed by atoms with E-state index in [1.165, 1.54) is 11.8 Å². The van der Waals surface area contributed by atoms with Gasteiger partial charge in [0, 0.05) is 44.6 Å². The first-order valence-corrected chi connectivity index (χ1v) is 10.5. The largest absolute Gasteiger partial charge is 0.398 e. The maximum atomic E-state index is 6.15. The molecular formula is C22H26N6S. The Kier molecular flexibility index (Phi) is 5.60. The molecule has 1 aromatic carbocycles. The van der Waals surface area contributed by atoms with Gasteiger partial charge in [-0.25, -0.2) is 4.98 Å². The maximum absolute atomic E-state index is 6.15. The molecule has 4 rings (SSSR count). The van der Waals surface area contributed by atoms with Crippen molar-refractivity contribution in [2.24, 2.45) is 0 Å². The van der Waals surface area contributed by atoms with Gasteiger partial charge in [0.1, 0.15) is 5.82 Å². The zero-order chi connectivity index (χ0) is 20.4. The van der Waals surface area contributed by atoms with Crippen LogP contribution in [-0.4, -0.2) is 39.8 Å². The molecular weight excluding hydrogens is 380 g/mol. The fourth-order valence-corrected chi connectivity index (χ4v) is 4.44. The number of hydrogen-bond donors (Lipinski definition) is 2. The van der Waals surface area contributed by atoms with Gasteiger partial charge in [0.25, 0.3) is 0 Å². The molecule has 3 aromatic rings. The summed E-state index contributed by atoms with van der Waals surface area (Å²) >= 11 is 1.50. The summed E-state index contributed by atoms with van der Waals surface area (Å²) in [5, 5.41) is 4.61. The van der Waals surface area contributed by atoms with E-state index in [1.54, 1.807) is 6.20 Å². The lowest BCUT2D eigenvalue weighted by Gasteiger charge is -2.28. The third-order valence-electron chi connectivity index (χ3n) is 5.37. The molecule has 1 fully saturated rings. The molecule has 0 amide bonds. The van der Waals surface area contributed by atoms with Crippen molar-refractivity contribution in [1.29, 1.82) is 0 Å². The van der Waals surface area contributed by atoms with Crippen molar-refractivity contribution in [2.75, 3.05) is 31.6 Å². The Morgan fingerprint density at radius 2 is 1.90 bits per heavy atom. The topological polar surface area (TPSA) is 86.0 Å².